The Labute approximate surface area is 182 Å². The fraction of sp³-hybridized carbons (Fsp3) is 0.435. The summed E-state index contributed by atoms with van der Waals surface area (Å²) in [4.78, 5) is 16.7. The number of nitrogens with zero attached hydrogens (tertiary/aromatic N) is 4. The summed E-state index contributed by atoms with van der Waals surface area (Å²) in [5.74, 6) is 1.60. The fourth-order valence-electron chi connectivity index (χ4n) is 4.48. The lowest BCUT2D eigenvalue weighted by Crippen LogP contribution is -2.44. The van der Waals surface area contributed by atoms with Crippen molar-refractivity contribution in [2.45, 2.75) is 32.4 Å². The van der Waals surface area contributed by atoms with Gasteiger partial charge in [-0.2, -0.15) is 0 Å². The Morgan fingerprint density at radius 3 is 2.90 bits per heavy atom. The van der Waals surface area contributed by atoms with E-state index in [0.717, 1.165) is 58.6 Å². The summed E-state index contributed by atoms with van der Waals surface area (Å²) in [6.45, 7) is 7.33. The van der Waals surface area contributed by atoms with Crippen molar-refractivity contribution in [2.75, 3.05) is 38.3 Å². The third kappa shape index (κ3) is 3.71. The molecule has 2 fully saturated rings. The lowest BCUT2D eigenvalue weighted by molar-refractivity contribution is 0.0986. The van der Waals surface area contributed by atoms with Crippen molar-refractivity contribution < 1.29 is 9.47 Å². The van der Waals surface area contributed by atoms with E-state index in [-0.39, 0.29) is 12.1 Å². The molecule has 3 aromatic rings. The van der Waals surface area contributed by atoms with Crippen molar-refractivity contribution in [2.24, 2.45) is 0 Å². The number of morpholine rings is 1. The summed E-state index contributed by atoms with van der Waals surface area (Å²) in [6, 6.07) is 6.75. The molecule has 2 atom stereocenters. The van der Waals surface area contributed by atoms with Gasteiger partial charge in [-0.3, -0.25) is 10.4 Å². The Kier molecular flexibility index (Phi) is 5.43. The van der Waals surface area contributed by atoms with E-state index in [4.69, 9.17) is 19.4 Å². The lowest BCUT2D eigenvalue weighted by Gasteiger charge is -2.34. The van der Waals surface area contributed by atoms with E-state index < -0.39 is 0 Å². The largest absolute Gasteiger partial charge is 0.481 e. The van der Waals surface area contributed by atoms with Gasteiger partial charge in [0.1, 0.15) is 5.82 Å². The van der Waals surface area contributed by atoms with Crippen LogP contribution >= 0.6 is 0 Å². The fourth-order valence-corrected chi connectivity index (χ4v) is 4.48. The highest BCUT2D eigenvalue weighted by molar-refractivity contribution is 5.97. The maximum Gasteiger partial charge on any atom is 0.215 e. The zero-order valence-electron chi connectivity index (χ0n) is 18.2. The van der Waals surface area contributed by atoms with Gasteiger partial charge in [-0.05, 0) is 44.0 Å². The van der Waals surface area contributed by atoms with Crippen LogP contribution in [0.4, 0.5) is 5.82 Å². The van der Waals surface area contributed by atoms with E-state index in [1.807, 2.05) is 19.3 Å². The average molecular weight is 421 g/mol. The van der Waals surface area contributed by atoms with Crippen LogP contribution in [0.2, 0.25) is 0 Å². The molecule has 8 nitrogen and oxygen atoms in total. The average Bonchev–Trinajstić information content (AvgIpc) is 3.33. The van der Waals surface area contributed by atoms with Crippen molar-refractivity contribution >= 4 is 16.7 Å². The summed E-state index contributed by atoms with van der Waals surface area (Å²) >= 11 is 0. The van der Waals surface area contributed by atoms with Crippen LogP contribution in [0.5, 0.6) is 5.88 Å². The van der Waals surface area contributed by atoms with Crippen molar-refractivity contribution in [1.82, 2.24) is 25.8 Å². The van der Waals surface area contributed by atoms with Gasteiger partial charge in [0.05, 0.1) is 43.6 Å². The quantitative estimate of drug-likeness (QED) is 0.667. The van der Waals surface area contributed by atoms with E-state index in [9.17, 15) is 0 Å². The molecule has 3 aromatic heterocycles. The topological polar surface area (TPSA) is 84.4 Å². The predicted octanol–water partition coefficient (Wildman–Crippen LogP) is 2.77. The summed E-state index contributed by atoms with van der Waals surface area (Å²) in [5.41, 5.74) is 11.6. The van der Waals surface area contributed by atoms with Crippen LogP contribution in [0.25, 0.3) is 22.0 Å². The maximum absolute atomic E-state index is 5.66. The molecule has 1 unspecified atom stereocenters. The normalized spacial score (nSPS) is 21.6. The van der Waals surface area contributed by atoms with Crippen LogP contribution in [0, 0.1) is 6.92 Å². The van der Waals surface area contributed by atoms with Gasteiger partial charge in [0.2, 0.25) is 5.88 Å². The number of methoxy groups -OCH3 is 1. The molecule has 0 aromatic carbocycles. The van der Waals surface area contributed by atoms with Gasteiger partial charge in [-0.1, -0.05) is 0 Å². The molecule has 0 saturated carbocycles. The molecule has 0 bridgehead atoms. The van der Waals surface area contributed by atoms with Crippen LogP contribution in [0.3, 0.4) is 0 Å². The molecular weight excluding hydrogens is 392 g/mol. The van der Waals surface area contributed by atoms with Crippen LogP contribution in [0.15, 0.2) is 30.6 Å². The molecule has 2 N–H and O–H groups in total. The number of ether oxygens (including phenoxy) is 2. The van der Waals surface area contributed by atoms with Crippen LogP contribution in [-0.4, -0.2) is 54.4 Å². The van der Waals surface area contributed by atoms with Crippen molar-refractivity contribution in [3.05, 3.63) is 41.9 Å². The zero-order valence-corrected chi connectivity index (χ0v) is 18.2. The second-order valence-electron chi connectivity index (χ2n) is 8.20. The SMILES string of the molecule is COc1ncc(-c2cc(N3CCOC[C@H]3C)nc3c(C4CCNN4)nccc23)cc1C. The molecule has 2 aliphatic heterocycles. The highest BCUT2D eigenvalue weighted by atomic mass is 16.5. The molecule has 0 aliphatic carbocycles. The summed E-state index contributed by atoms with van der Waals surface area (Å²) in [7, 11) is 1.65. The number of aromatic nitrogens is 3. The van der Waals surface area contributed by atoms with Crippen LogP contribution < -0.4 is 20.5 Å². The number of hydrazine groups is 1. The molecule has 8 heteroatoms. The molecule has 0 spiro atoms. The smallest absolute Gasteiger partial charge is 0.215 e. The third-order valence-corrected chi connectivity index (χ3v) is 6.10. The van der Waals surface area contributed by atoms with Gasteiger partial charge in [-0.25, -0.2) is 15.4 Å². The number of nitrogens with one attached hydrogen (secondary N) is 2. The van der Waals surface area contributed by atoms with E-state index in [1.54, 1.807) is 7.11 Å². The number of pyridine rings is 3. The minimum absolute atomic E-state index is 0.136. The number of fused-ring (bicyclic) bond motifs is 1. The molecular formula is C23H28N6O2. The van der Waals surface area contributed by atoms with E-state index in [0.29, 0.717) is 19.1 Å². The number of anilines is 1. The highest BCUT2D eigenvalue weighted by Gasteiger charge is 2.25. The van der Waals surface area contributed by atoms with E-state index in [2.05, 4.69) is 45.9 Å². The molecule has 5 rings (SSSR count). The standard InChI is InChI=1S/C23H28N6O2/c1-14-10-16(12-25-23(14)30-3)18-11-20(29-8-9-31-13-15(29)2)27-21-17(18)4-6-24-22(21)19-5-7-26-28-19/h4,6,10-12,15,19,26,28H,5,7-9,13H2,1-3H3/t15-,19?/m1/s1. The Hall–Kier alpha value is -2.81. The van der Waals surface area contributed by atoms with Gasteiger partial charge in [0, 0.05) is 42.0 Å². The molecule has 162 valence electrons. The Morgan fingerprint density at radius 2 is 2.16 bits per heavy atom. The molecule has 5 heterocycles. The number of hydrogen-bond acceptors (Lipinski definition) is 8. The van der Waals surface area contributed by atoms with Crippen molar-refractivity contribution in [3.63, 3.8) is 0 Å². The molecule has 0 radical (unpaired) electrons. The van der Waals surface area contributed by atoms with Gasteiger partial charge in [0.15, 0.2) is 0 Å². The summed E-state index contributed by atoms with van der Waals surface area (Å²) in [5, 5.41) is 1.08. The van der Waals surface area contributed by atoms with Gasteiger partial charge in [-0.15, -0.1) is 0 Å². The number of aryl methyl sites for hydroxylation is 1. The minimum Gasteiger partial charge on any atom is -0.481 e. The monoisotopic (exact) mass is 420 g/mol. The second-order valence-corrected chi connectivity index (χ2v) is 8.20. The molecule has 31 heavy (non-hydrogen) atoms. The van der Waals surface area contributed by atoms with E-state index >= 15 is 0 Å². The third-order valence-electron chi connectivity index (χ3n) is 6.10. The molecule has 2 saturated heterocycles. The predicted molar refractivity (Wildman–Crippen MR) is 120 cm³/mol. The van der Waals surface area contributed by atoms with Crippen LogP contribution in [0.1, 0.15) is 30.6 Å². The first-order valence-electron chi connectivity index (χ1n) is 10.8. The minimum atomic E-state index is 0.136. The van der Waals surface area contributed by atoms with Gasteiger partial charge >= 0.3 is 0 Å². The van der Waals surface area contributed by atoms with Crippen molar-refractivity contribution in [3.8, 4) is 17.0 Å². The number of rotatable bonds is 4. The summed E-state index contributed by atoms with van der Waals surface area (Å²) < 4.78 is 11.0. The summed E-state index contributed by atoms with van der Waals surface area (Å²) in [6.07, 6.45) is 4.73. The maximum atomic E-state index is 5.66. The van der Waals surface area contributed by atoms with Crippen LogP contribution in [-0.2, 0) is 4.74 Å². The first-order chi connectivity index (χ1) is 15.2. The Morgan fingerprint density at radius 1 is 1.26 bits per heavy atom. The Balaban J connectivity index is 1.72. The van der Waals surface area contributed by atoms with E-state index in [1.165, 1.54) is 0 Å². The first-order valence-corrected chi connectivity index (χ1v) is 10.8. The first kappa shape index (κ1) is 20.1. The second kappa shape index (κ2) is 8.37. The van der Waals surface area contributed by atoms with Gasteiger partial charge in [0.25, 0.3) is 0 Å². The molecule has 2 aliphatic rings. The Bertz CT molecular complexity index is 1100. The van der Waals surface area contributed by atoms with Crippen molar-refractivity contribution in [1.29, 1.82) is 0 Å². The van der Waals surface area contributed by atoms with Gasteiger partial charge < -0.3 is 14.4 Å². The zero-order chi connectivity index (χ0) is 21.4. The highest BCUT2D eigenvalue weighted by Crippen LogP contribution is 2.36. The molecule has 0 amide bonds. The lowest BCUT2D eigenvalue weighted by atomic mass is 9.99. The number of hydrogen-bond donors (Lipinski definition) is 2.